The third-order valence-corrected chi connectivity index (χ3v) is 6.49. The highest BCUT2D eigenvalue weighted by atomic mass is 19.4. The number of carboxylic acid groups (broad SMARTS) is 3. The van der Waals surface area contributed by atoms with Crippen LogP contribution < -0.4 is 10.6 Å². The zero-order chi connectivity index (χ0) is 31.2. The summed E-state index contributed by atoms with van der Waals surface area (Å²) in [6, 6.07) is 12.5. The number of carbonyl (C=O) groups is 3. The Morgan fingerprint density at radius 3 is 1.80 bits per heavy atom. The molecule has 2 atom stereocenters. The Kier molecular flexibility index (Phi) is 14.9. The van der Waals surface area contributed by atoms with E-state index in [1.807, 2.05) is 0 Å². The first-order valence-electron chi connectivity index (χ1n) is 13.1. The lowest BCUT2D eigenvalue weighted by Crippen LogP contribution is -2.41. The maximum atomic E-state index is 10.6. The van der Waals surface area contributed by atoms with Gasteiger partial charge in [0.05, 0.1) is 0 Å². The Hall–Kier alpha value is -3.13. The molecule has 0 spiro atoms. The highest BCUT2D eigenvalue weighted by molar-refractivity contribution is 5.73. The van der Waals surface area contributed by atoms with Gasteiger partial charge >= 0.3 is 30.3 Å². The second-order valence-electron chi connectivity index (χ2n) is 9.70. The van der Waals surface area contributed by atoms with E-state index in [1.54, 1.807) is 5.57 Å². The summed E-state index contributed by atoms with van der Waals surface area (Å²) in [5, 5.41) is 30.4. The number of aliphatic carboxylic acids is 3. The summed E-state index contributed by atoms with van der Waals surface area (Å²) in [7, 11) is 0. The lowest BCUT2D eigenvalue weighted by molar-refractivity contribution is -0.193. The second kappa shape index (κ2) is 17.0. The van der Waals surface area contributed by atoms with Crippen LogP contribution in [0.1, 0.15) is 63.9 Å². The van der Waals surface area contributed by atoms with Crippen molar-refractivity contribution in [3.8, 4) is 0 Å². The van der Waals surface area contributed by atoms with Gasteiger partial charge in [-0.2, -0.15) is 26.3 Å². The fourth-order valence-electron chi connectivity index (χ4n) is 4.34. The van der Waals surface area contributed by atoms with Crippen LogP contribution in [-0.4, -0.2) is 70.3 Å². The molecule has 1 aromatic carbocycles. The topological polar surface area (TPSA) is 136 Å². The van der Waals surface area contributed by atoms with E-state index in [2.05, 4.69) is 54.0 Å². The van der Waals surface area contributed by atoms with Crippen molar-refractivity contribution in [2.45, 2.75) is 88.8 Å². The fourth-order valence-corrected chi connectivity index (χ4v) is 4.34. The third-order valence-electron chi connectivity index (χ3n) is 6.49. The maximum Gasteiger partial charge on any atom is 0.490 e. The van der Waals surface area contributed by atoms with Crippen LogP contribution in [0.15, 0.2) is 35.9 Å². The Morgan fingerprint density at radius 2 is 1.37 bits per heavy atom. The highest BCUT2D eigenvalue weighted by Gasteiger charge is 2.41. The number of hydrogen-bond donors (Lipinski definition) is 5. The van der Waals surface area contributed by atoms with Crippen LogP contribution in [0.2, 0.25) is 0 Å². The molecule has 0 unspecified atom stereocenters. The summed E-state index contributed by atoms with van der Waals surface area (Å²) >= 11 is 0. The number of halogens is 6. The molecule has 41 heavy (non-hydrogen) atoms. The molecule has 1 aromatic rings. The van der Waals surface area contributed by atoms with Crippen LogP contribution in [0.25, 0.3) is 6.08 Å². The molecular weight excluding hydrogens is 562 g/mol. The lowest BCUT2D eigenvalue weighted by Gasteiger charge is -2.30. The normalized spacial score (nSPS) is 22.4. The SMILES string of the molecule is CCC(=Cc1ccccc1)[C@@H]1C[C@H]1N[C@H]1CC[C@H](NCCCC(=O)O)CC1.O=C(O)C(F)(F)F.O=C(O)C(F)(F)F. The predicted octanol–water partition coefficient (Wildman–Crippen LogP) is 5.49. The number of nitrogens with one attached hydrogen (secondary N) is 2. The molecule has 0 saturated heterocycles. The maximum absolute atomic E-state index is 10.6. The Morgan fingerprint density at radius 1 is 0.878 bits per heavy atom. The molecule has 0 bridgehead atoms. The summed E-state index contributed by atoms with van der Waals surface area (Å²) in [5.41, 5.74) is 2.89. The van der Waals surface area contributed by atoms with Gasteiger partial charge in [0.25, 0.3) is 0 Å². The molecule has 0 radical (unpaired) electrons. The third kappa shape index (κ3) is 15.4. The van der Waals surface area contributed by atoms with Gasteiger partial charge in [0.2, 0.25) is 0 Å². The average Bonchev–Trinajstić information content (AvgIpc) is 3.65. The van der Waals surface area contributed by atoms with Crippen LogP contribution in [0.3, 0.4) is 0 Å². The summed E-state index contributed by atoms with van der Waals surface area (Å²) in [5.74, 6) is -5.50. The molecule has 0 aliphatic heterocycles. The quantitative estimate of drug-likeness (QED) is 0.176. The van der Waals surface area contributed by atoms with Gasteiger partial charge in [0.15, 0.2) is 0 Å². The summed E-state index contributed by atoms with van der Waals surface area (Å²) in [6.07, 6.45) is 0.460. The van der Waals surface area contributed by atoms with Gasteiger partial charge in [-0.25, -0.2) is 9.59 Å². The van der Waals surface area contributed by atoms with Crippen molar-refractivity contribution in [1.82, 2.24) is 10.6 Å². The minimum atomic E-state index is -5.08. The number of benzene rings is 1. The van der Waals surface area contributed by atoms with Gasteiger partial charge in [-0.15, -0.1) is 0 Å². The highest BCUT2D eigenvalue weighted by Crippen LogP contribution is 2.40. The fraction of sp³-hybridized carbons (Fsp3) is 0.593. The van der Waals surface area contributed by atoms with E-state index in [0.717, 1.165) is 19.4 Å². The van der Waals surface area contributed by atoms with E-state index in [0.29, 0.717) is 24.0 Å². The van der Waals surface area contributed by atoms with Gasteiger partial charge in [-0.3, -0.25) is 4.79 Å². The smallest absolute Gasteiger partial charge is 0.481 e. The van der Waals surface area contributed by atoms with E-state index < -0.39 is 30.3 Å². The Balaban J connectivity index is 0.000000497. The monoisotopic (exact) mass is 598 g/mol. The predicted molar refractivity (Wildman–Crippen MR) is 138 cm³/mol. The molecule has 232 valence electrons. The van der Waals surface area contributed by atoms with E-state index in [1.165, 1.54) is 37.7 Å². The molecule has 2 aliphatic carbocycles. The number of alkyl halides is 6. The van der Waals surface area contributed by atoms with Crippen LogP contribution in [0, 0.1) is 5.92 Å². The molecule has 2 saturated carbocycles. The van der Waals surface area contributed by atoms with Gasteiger partial charge in [-0.05, 0) is 63.0 Å². The second-order valence-corrected chi connectivity index (χ2v) is 9.70. The van der Waals surface area contributed by atoms with Crippen molar-refractivity contribution in [1.29, 1.82) is 0 Å². The van der Waals surface area contributed by atoms with Gasteiger partial charge < -0.3 is 26.0 Å². The molecule has 0 amide bonds. The van der Waals surface area contributed by atoms with Gasteiger partial charge in [-0.1, -0.05) is 48.9 Å². The Bertz CT molecular complexity index is 968. The minimum Gasteiger partial charge on any atom is -0.481 e. The molecule has 0 aromatic heterocycles. The van der Waals surface area contributed by atoms with Crippen molar-refractivity contribution in [3.63, 3.8) is 0 Å². The van der Waals surface area contributed by atoms with E-state index in [-0.39, 0.29) is 6.42 Å². The molecular formula is C27H36F6N2O6. The summed E-state index contributed by atoms with van der Waals surface area (Å²) in [4.78, 5) is 28.4. The molecule has 5 N–H and O–H groups in total. The largest absolute Gasteiger partial charge is 0.490 e. The first-order chi connectivity index (χ1) is 19.0. The van der Waals surface area contributed by atoms with Crippen LogP contribution in [0.4, 0.5) is 26.3 Å². The first kappa shape index (κ1) is 35.9. The van der Waals surface area contributed by atoms with Crippen molar-refractivity contribution in [2.75, 3.05) is 6.54 Å². The zero-order valence-electron chi connectivity index (χ0n) is 22.5. The lowest BCUT2D eigenvalue weighted by atomic mass is 9.91. The first-order valence-corrected chi connectivity index (χ1v) is 13.1. The molecule has 2 fully saturated rings. The number of carboxylic acids is 3. The van der Waals surface area contributed by atoms with E-state index in [4.69, 9.17) is 24.9 Å². The van der Waals surface area contributed by atoms with Crippen molar-refractivity contribution in [2.24, 2.45) is 5.92 Å². The molecule has 3 rings (SSSR count). The average molecular weight is 599 g/mol. The molecule has 2 aliphatic rings. The van der Waals surface area contributed by atoms with E-state index in [9.17, 15) is 31.1 Å². The van der Waals surface area contributed by atoms with Crippen LogP contribution in [-0.2, 0) is 14.4 Å². The standard InChI is InChI=1S/C23H34N2O2.2C2HF3O2/c1-2-18(15-17-7-4-3-5-8-17)21-16-22(21)25-20-12-10-19(11-13-20)24-14-6-9-23(26)27;2*3-2(4,5)1(6)7/h3-5,7-8,15,19-22,24-25H,2,6,9-14,16H2,1H3,(H,26,27);2*(H,6,7)/t19-,20-,21-,22+;;/m0../s1. The van der Waals surface area contributed by atoms with Crippen LogP contribution in [0.5, 0.6) is 0 Å². The molecule has 0 heterocycles. The summed E-state index contributed by atoms with van der Waals surface area (Å²) in [6.45, 7) is 3.09. The zero-order valence-corrected chi connectivity index (χ0v) is 22.5. The summed E-state index contributed by atoms with van der Waals surface area (Å²) < 4.78 is 63.5. The van der Waals surface area contributed by atoms with Gasteiger partial charge in [0, 0.05) is 24.5 Å². The molecule has 8 nitrogen and oxygen atoms in total. The minimum absolute atomic E-state index is 0.267. The van der Waals surface area contributed by atoms with E-state index >= 15 is 0 Å². The van der Waals surface area contributed by atoms with Crippen molar-refractivity contribution >= 4 is 24.0 Å². The van der Waals surface area contributed by atoms with Gasteiger partial charge in [0.1, 0.15) is 0 Å². The van der Waals surface area contributed by atoms with Crippen LogP contribution >= 0.6 is 0 Å². The van der Waals surface area contributed by atoms with Crippen molar-refractivity contribution < 1.29 is 56.0 Å². The van der Waals surface area contributed by atoms with Crippen molar-refractivity contribution in [3.05, 3.63) is 41.5 Å². The molecule has 14 heteroatoms. The Labute approximate surface area is 233 Å². The number of hydrogen-bond acceptors (Lipinski definition) is 5. The number of rotatable bonds is 10.